The Labute approximate surface area is 286 Å². The average Bonchev–Trinajstić information content (AvgIpc) is 3.58. The predicted octanol–water partition coefficient (Wildman–Crippen LogP) is 7.80. The number of rotatable bonds is 7. The molecule has 11 atom stereocenters. The third-order valence-electron chi connectivity index (χ3n) is 15.0. The number of aromatic nitrogens is 3. The highest BCUT2D eigenvalue weighted by Gasteiger charge is 2.75. The summed E-state index contributed by atoms with van der Waals surface area (Å²) in [4.78, 5) is 29.9. The number of ether oxygens (including phenoxy) is 2. The summed E-state index contributed by atoms with van der Waals surface area (Å²) >= 11 is 0. The molecule has 2 spiro atoms. The van der Waals surface area contributed by atoms with Crippen LogP contribution >= 0.6 is 0 Å². The van der Waals surface area contributed by atoms with Gasteiger partial charge in [-0.2, -0.15) is 0 Å². The molecule has 1 aromatic heterocycles. The van der Waals surface area contributed by atoms with Gasteiger partial charge in [-0.05, 0) is 111 Å². The van der Waals surface area contributed by atoms with E-state index < -0.39 is 11.1 Å². The molecule has 3 saturated carbocycles. The zero-order valence-electron chi connectivity index (χ0n) is 30.1. The Morgan fingerprint density at radius 2 is 1.62 bits per heavy atom. The monoisotopic (exact) mass is 655 g/mol. The van der Waals surface area contributed by atoms with Crippen LogP contribution in [-0.4, -0.2) is 32.9 Å². The maximum Gasteiger partial charge on any atom is 0.352 e. The highest BCUT2D eigenvalue weighted by Crippen LogP contribution is 2.74. The molecule has 1 saturated heterocycles. The summed E-state index contributed by atoms with van der Waals surface area (Å²) in [5, 5.41) is 0. The first-order valence-corrected chi connectivity index (χ1v) is 19.2. The fourth-order valence-electron chi connectivity index (χ4n) is 12.2. The third-order valence-corrected chi connectivity index (χ3v) is 15.0. The summed E-state index contributed by atoms with van der Waals surface area (Å²) in [6.07, 6.45) is 19.8. The lowest BCUT2D eigenvalue weighted by molar-refractivity contribution is -0.236. The Bertz CT molecular complexity index is 1710. The molecule has 0 amide bonds. The molecule has 2 aromatic rings. The molecule has 1 aromatic carbocycles. The zero-order valence-corrected chi connectivity index (χ0v) is 30.1. The van der Waals surface area contributed by atoms with E-state index in [1.54, 1.807) is 0 Å². The van der Waals surface area contributed by atoms with Crippen LogP contribution in [0.25, 0.3) is 5.69 Å². The van der Waals surface area contributed by atoms with Crippen molar-refractivity contribution in [1.82, 2.24) is 13.9 Å². The van der Waals surface area contributed by atoms with Crippen LogP contribution in [0.1, 0.15) is 106 Å². The number of hydrogen-bond donors (Lipinski definition) is 0. The maximum absolute atomic E-state index is 15.0. The molecule has 4 heterocycles. The van der Waals surface area contributed by atoms with E-state index in [4.69, 9.17) is 9.47 Å². The summed E-state index contributed by atoms with van der Waals surface area (Å²) in [5.74, 6) is 2.72. The number of benzene rings is 1. The molecule has 7 heteroatoms. The lowest BCUT2D eigenvalue weighted by Crippen LogP contribution is -2.76. The van der Waals surface area contributed by atoms with Gasteiger partial charge in [0.05, 0.1) is 22.9 Å². The number of allylic oxidation sites excluding steroid dienone is 4. The lowest BCUT2D eigenvalue weighted by Gasteiger charge is -2.71. The third kappa shape index (κ3) is 4.31. The molecule has 0 radical (unpaired) electrons. The van der Waals surface area contributed by atoms with E-state index in [9.17, 15) is 4.79 Å². The SMILES string of the molecule is CC(C)[C@@H](C)/C=C/[C@@H](C)[C@H]1CC[C@@H]2[C@]1(C)CCC1[C@]23C=C[C@]2(C[C@@H](OC4CCCCO4)CC[C@]12C)n1c(=O)n(-c2ccccc2)c(=O)n13. The van der Waals surface area contributed by atoms with E-state index in [-0.39, 0.29) is 46.4 Å². The van der Waals surface area contributed by atoms with Crippen LogP contribution in [0.2, 0.25) is 0 Å². The highest BCUT2D eigenvalue weighted by molar-refractivity contribution is 5.38. The minimum Gasteiger partial charge on any atom is -0.353 e. The first kappa shape index (κ1) is 32.6. The Kier molecular flexibility index (Phi) is 7.76. The molecule has 7 aliphatic rings. The van der Waals surface area contributed by atoms with Crippen molar-refractivity contribution in [3.63, 3.8) is 0 Å². The molecular formula is C41H57N3O4. The fourth-order valence-corrected chi connectivity index (χ4v) is 12.2. The normalized spacial score (nSPS) is 41.2. The van der Waals surface area contributed by atoms with E-state index in [0.717, 1.165) is 58.0 Å². The van der Waals surface area contributed by atoms with Crippen molar-refractivity contribution in [1.29, 1.82) is 0 Å². The minimum absolute atomic E-state index is 0.0301. The number of hydrogen-bond acceptors (Lipinski definition) is 4. The Hall–Kier alpha value is -2.64. The van der Waals surface area contributed by atoms with Crippen LogP contribution in [0.4, 0.5) is 0 Å². The maximum atomic E-state index is 15.0. The standard InChI is InChI=1S/C41H57N3O4/c1-27(2)28(3)15-16-29(4)32-17-18-33-38(32,5)21-20-34-39(6)22-19-31(48-35-14-10-11-25-47-35)26-40(39)23-24-41(33,34)44-37(46)42(36(45)43(40)44)30-12-8-7-9-13-30/h7-9,12-13,15-16,23-24,27-29,31-35H,10-11,14,17-22,25-26H2,1-6H3/b16-15+/t28-,29+,31-,32+,33+,34?,35?,38+,39+,40+,41-/m0/s1. The van der Waals surface area contributed by atoms with Gasteiger partial charge in [0.1, 0.15) is 0 Å². The van der Waals surface area contributed by atoms with Crippen molar-refractivity contribution < 1.29 is 9.47 Å². The minimum atomic E-state index is -0.637. The molecule has 0 N–H and O–H groups in total. The van der Waals surface area contributed by atoms with Crippen molar-refractivity contribution in [2.75, 3.05) is 6.61 Å². The molecule has 2 bridgehead atoms. The van der Waals surface area contributed by atoms with Crippen LogP contribution < -0.4 is 11.4 Å². The van der Waals surface area contributed by atoms with Gasteiger partial charge in [0.2, 0.25) is 0 Å². The molecule has 260 valence electrons. The van der Waals surface area contributed by atoms with Crippen LogP contribution in [0, 0.1) is 46.3 Å². The van der Waals surface area contributed by atoms with E-state index in [1.165, 1.54) is 11.0 Å². The van der Waals surface area contributed by atoms with Crippen molar-refractivity contribution in [2.24, 2.45) is 46.3 Å². The number of fused-ring (bicyclic) bond motifs is 1. The molecule has 2 unspecified atom stereocenters. The average molecular weight is 656 g/mol. The van der Waals surface area contributed by atoms with E-state index >= 15 is 4.79 Å². The molecule has 4 fully saturated rings. The van der Waals surface area contributed by atoms with Gasteiger partial charge in [-0.1, -0.05) is 84.0 Å². The van der Waals surface area contributed by atoms with Gasteiger partial charge in [0.25, 0.3) is 0 Å². The fraction of sp³-hybridized carbons (Fsp3) is 0.707. The first-order valence-electron chi connectivity index (χ1n) is 19.2. The second-order valence-electron chi connectivity index (χ2n) is 17.4. The Balaban J connectivity index is 1.27. The summed E-state index contributed by atoms with van der Waals surface area (Å²) in [6.45, 7) is 15.1. The Morgan fingerprint density at radius 3 is 2.35 bits per heavy atom. The van der Waals surface area contributed by atoms with Crippen molar-refractivity contribution in [3.05, 3.63) is 75.6 Å². The van der Waals surface area contributed by atoms with E-state index in [0.29, 0.717) is 35.8 Å². The molecule has 9 rings (SSSR count). The van der Waals surface area contributed by atoms with Crippen LogP contribution in [0.15, 0.2) is 64.2 Å². The van der Waals surface area contributed by atoms with Gasteiger partial charge in [0.15, 0.2) is 6.29 Å². The number of para-hydroxylation sites is 1. The zero-order chi connectivity index (χ0) is 33.6. The van der Waals surface area contributed by atoms with Gasteiger partial charge in [-0.25, -0.2) is 23.5 Å². The van der Waals surface area contributed by atoms with Crippen LogP contribution in [0.5, 0.6) is 0 Å². The van der Waals surface area contributed by atoms with Crippen molar-refractivity contribution in [2.45, 2.75) is 129 Å². The molecule has 4 aliphatic carbocycles. The first-order chi connectivity index (χ1) is 23.0. The van der Waals surface area contributed by atoms with Crippen molar-refractivity contribution in [3.8, 4) is 5.69 Å². The quantitative estimate of drug-likeness (QED) is 0.286. The van der Waals surface area contributed by atoms with Crippen LogP contribution in [0.3, 0.4) is 0 Å². The smallest absolute Gasteiger partial charge is 0.352 e. The van der Waals surface area contributed by atoms with Gasteiger partial charge < -0.3 is 9.47 Å². The van der Waals surface area contributed by atoms with E-state index in [2.05, 4.69) is 65.8 Å². The highest BCUT2D eigenvalue weighted by atomic mass is 16.7. The largest absolute Gasteiger partial charge is 0.353 e. The second-order valence-corrected chi connectivity index (χ2v) is 17.4. The topological polar surface area (TPSA) is 67.4 Å². The number of nitrogens with zero attached hydrogens (tertiary/aromatic N) is 3. The van der Waals surface area contributed by atoms with Crippen LogP contribution in [-0.2, 0) is 20.6 Å². The van der Waals surface area contributed by atoms with Crippen molar-refractivity contribution >= 4 is 0 Å². The second kappa shape index (κ2) is 11.4. The summed E-state index contributed by atoms with van der Waals surface area (Å²) in [7, 11) is 0. The summed E-state index contributed by atoms with van der Waals surface area (Å²) < 4.78 is 18.2. The van der Waals surface area contributed by atoms with Gasteiger partial charge in [0, 0.05) is 18.4 Å². The predicted molar refractivity (Wildman–Crippen MR) is 189 cm³/mol. The lowest BCUT2D eigenvalue weighted by atomic mass is 9.40. The van der Waals surface area contributed by atoms with Gasteiger partial charge in [-0.15, -0.1) is 0 Å². The summed E-state index contributed by atoms with van der Waals surface area (Å²) in [6, 6.07) is 9.57. The Morgan fingerprint density at radius 1 is 0.854 bits per heavy atom. The van der Waals surface area contributed by atoms with E-state index in [1.807, 2.05) is 39.7 Å². The molecule has 48 heavy (non-hydrogen) atoms. The molecular weight excluding hydrogens is 598 g/mol. The molecule has 3 aliphatic heterocycles. The van der Waals surface area contributed by atoms with Gasteiger partial charge in [-0.3, -0.25) is 0 Å². The summed E-state index contributed by atoms with van der Waals surface area (Å²) in [5.41, 5.74) is -1.04. The molecule has 7 nitrogen and oxygen atoms in total. The van der Waals surface area contributed by atoms with Gasteiger partial charge >= 0.3 is 11.4 Å².